The first-order valence-corrected chi connectivity index (χ1v) is 17.4. The normalized spacial score (nSPS) is 19.2. The maximum Gasteiger partial charge on any atom is 0.336 e. The van der Waals surface area contributed by atoms with Crippen LogP contribution in [-0.2, 0) is 11.3 Å². The van der Waals surface area contributed by atoms with Gasteiger partial charge in [-0.3, -0.25) is 4.79 Å². The Bertz CT molecular complexity index is 1640. The van der Waals surface area contributed by atoms with Crippen molar-refractivity contribution in [2.24, 2.45) is 29.1 Å². The molecule has 7 nitrogen and oxygen atoms in total. The molecule has 0 saturated heterocycles. The Morgan fingerprint density at radius 3 is 2.57 bits per heavy atom. The van der Waals surface area contributed by atoms with Crippen LogP contribution >= 0.6 is 0 Å². The van der Waals surface area contributed by atoms with Crippen molar-refractivity contribution >= 4 is 33.5 Å². The van der Waals surface area contributed by atoms with E-state index in [9.17, 15) is 9.59 Å². The molecule has 3 heterocycles. The van der Waals surface area contributed by atoms with Crippen LogP contribution in [-0.4, -0.2) is 12.5 Å². The third kappa shape index (κ3) is 8.80. The summed E-state index contributed by atoms with van der Waals surface area (Å²) in [6.07, 6.45) is 17.2. The van der Waals surface area contributed by atoms with Crippen LogP contribution in [0.25, 0.3) is 21.9 Å². The number of aryl methyl sites for hydroxylation is 1. The number of fused-ring (bicyclic) bond motifs is 2. The Morgan fingerprint density at radius 2 is 1.78 bits per heavy atom. The molecule has 0 radical (unpaired) electrons. The van der Waals surface area contributed by atoms with Gasteiger partial charge in [-0.2, -0.15) is 0 Å². The predicted molar refractivity (Wildman–Crippen MR) is 184 cm³/mol. The molecule has 248 valence electrons. The number of nitrogens with one attached hydrogen (secondary N) is 1. The highest BCUT2D eigenvalue weighted by molar-refractivity contribution is 5.99. The summed E-state index contributed by atoms with van der Waals surface area (Å²) in [4.78, 5) is 24.6. The Balaban J connectivity index is 0.996. The zero-order valence-electron chi connectivity index (χ0n) is 28.5. The first-order chi connectivity index (χ1) is 22.1. The SMILES string of the molecule is CC(CCCC(C)CC(=O)Nc1cc[n+](CCCOc2c3occc3cc3ccc(=O)oc23)cc1)CCC1C(C)CCCC1(C)C. The summed E-state index contributed by atoms with van der Waals surface area (Å²) in [5, 5.41) is 4.75. The number of ether oxygens (including phenoxy) is 1. The molecular formula is C39H53N2O5+. The minimum atomic E-state index is -0.427. The molecule has 1 fully saturated rings. The van der Waals surface area contributed by atoms with Crippen molar-refractivity contribution in [3.05, 3.63) is 65.5 Å². The number of carbonyl (C=O) groups is 1. The van der Waals surface area contributed by atoms with Crippen LogP contribution in [0.3, 0.4) is 0 Å². The zero-order chi connectivity index (χ0) is 32.7. The third-order valence-corrected chi connectivity index (χ3v) is 10.3. The maximum atomic E-state index is 12.7. The van der Waals surface area contributed by atoms with Gasteiger partial charge in [-0.1, -0.05) is 73.1 Å². The molecule has 0 spiro atoms. The van der Waals surface area contributed by atoms with Crippen LogP contribution < -0.4 is 20.2 Å². The summed E-state index contributed by atoms with van der Waals surface area (Å²) in [6, 6.07) is 10.8. The molecule has 1 aliphatic rings. The van der Waals surface area contributed by atoms with E-state index in [-0.39, 0.29) is 5.91 Å². The molecule has 7 heteroatoms. The number of hydrogen-bond acceptors (Lipinski definition) is 5. The molecule has 0 aliphatic heterocycles. The van der Waals surface area contributed by atoms with Gasteiger partial charge in [0.2, 0.25) is 11.7 Å². The largest absolute Gasteiger partial charge is 0.486 e. The van der Waals surface area contributed by atoms with E-state index < -0.39 is 5.63 Å². The fraction of sp³-hybridized carbons (Fsp3) is 0.564. The molecule has 1 saturated carbocycles. The van der Waals surface area contributed by atoms with Crippen molar-refractivity contribution < 1.29 is 22.9 Å². The first-order valence-electron chi connectivity index (χ1n) is 17.4. The average molecular weight is 630 g/mol. The number of amides is 1. The summed E-state index contributed by atoms with van der Waals surface area (Å²) >= 11 is 0. The van der Waals surface area contributed by atoms with Gasteiger partial charge >= 0.3 is 5.63 Å². The van der Waals surface area contributed by atoms with Crippen LogP contribution in [0.2, 0.25) is 0 Å². The van der Waals surface area contributed by atoms with E-state index in [0.717, 1.165) is 53.6 Å². The number of hydrogen-bond donors (Lipinski definition) is 1. The average Bonchev–Trinajstić information content (AvgIpc) is 3.47. The van der Waals surface area contributed by atoms with Gasteiger partial charge in [-0.15, -0.1) is 0 Å². The van der Waals surface area contributed by atoms with Crippen LogP contribution in [0.4, 0.5) is 5.69 Å². The molecule has 4 atom stereocenters. The number of aromatic nitrogens is 1. The van der Waals surface area contributed by atoms with Crippen molar-refractivity contribution in [1.82, 2.24) is 0 Å². The molecule has 4 unspecified atom stereocenters. The number of nitrogens with zero attached hydrogens (tertiary/aromatic N) is 1. The number of benzene rings is 1. The van der Waals surface area contributed by atoms with E-state index in [0.29, 0.717) is 41.3 Å². The van der Waals surface area contributed by atoms with Crippen molar-refractivity contribution in [3.63, 3.8) is 0 Å². The third-order valence-electron chi connectivity index (χ3n) is 10.3. The minimum absolute atomic E-state index is 0.0752. The van der Waals surface area contributed by atoms with Crippen LogP contribution in [0.5, 0.6) is 5.75 Å². The van der Waals surface area contributed by atoms with E-state index in [4.69, 9.17) is 13.6 Å². The molecule has 5 rings (SSSR count). The van der Waals surface area contributed by atoms with Gasteiger partial charge in [-0.25, -0.2) is 9.36 Å². The summed E-state index contributed by atoms with van der Waals surface area (Å²) in [5.41, 5.74) is 1.84. The lowest BCUT2D eigenvalue weighted by Gasteiger charge is -2.43. The molecular weight excluding hydrogens is 576 g/mol. The zero-order valence-corrected chi connectivity index (χ0v) is 28.5. The number of pyridine rings is 1. The highest BCUT2D eigenvalue weighted by Gasteiger charge is 2.36. The molecule has 46 heavy (non-hydrogen) atoms. The van der Waals surface area contributed by atoms with Crippen molar-refractivity contribution in [1.29, 1.82) is 0 Å². The highest BCUT2D eigenvalue weighted by atomic mass is 16.5. The Hall–Kier alpha value is -3.61. The van der Waals surface area contributed by atoms with Crippen LogP contribution in [0, 0.1) is 29.1 Å². The lowest BCUT2D eigenvalue weighted by atomic mass is 9.62. The monoisotopic (exact) mass is 629 g/mol. The fourth-order valence-corrected chi connectivity index (χ4v) is 7.61. The fourth-order valence-electron chi connectivity index (χ4n) is 7.61. The molecule has 1 N–H and O–H groups in total. The van der Waals surface area contributed by atoms with Gasteiger partial charge in [0.25, 0.3) is 0 Å². The second kappa shape index (κ2) is 15.3. The lowest BCUT2D eigenvalue weighted by molar-refractivity contribution is -0.697. The summed E-state index contributed by atoms with van der Waals surface area (Å²) in [7, 11) is 0. The van der Waals surface area contributed by atoms with Gasteiger partial charge in [0, 0.05) is 41.8 Å². The van der Waals surface area contributed by atoms with Gasteiger partial charge in [-0.05, 0) is 60.1 Å². The van der Waals surface area contributed by atoms with Crippen molar-refractivity contribution in [3.8, 4) is 5.75 Å². The standard InChI is InChI=1S/C39H52N2O5/c1-27(12-14-33-29(3)11-7-19-39(33,4)5)9-6-10-28(2)25-34(42)40-32-16-21-41(22-17-32)20-8-23-44-38-36-31(18-24-45-36)26-30-13-15-35(43)46-37(30)38/h13,15-18,21-22,24,26-29,33H,6-12,14,19-20,23,25H2,1-5H3/p+1. The second-order valence-corrected chi connectivity index (χ2v) is 14.7. The molecule has 3 aromatic heterocycles. The summed E-state index contributed by atoms with van der Waals surface area (Å²) in [5.74, 6) is 3.36. The predicted octanol–water partition coefficient (Wildman–Crippen LogP) is 9.31. The van der Waals surface area contributed by atoms with Crippen molar-refractivity contribution in [2.75, 3.05) is 11.9 Å². The van der Waals surface area contributed by atoms with E-state index in [1.807, 2.05) is 36.7 Å². The van der Waals surface area contributed by atoms with Gasteiger partial charge in [0.05, 0.1) is 18.6 Å². The van der Waals surface area contributed by atoms with E-state index in [1.54, 1.807) is 12.3 Å². The molecule has 1 amide bonds. The van der Waals surface area contributed by atoms with Crippen LogP contribution in [0.15, 0.2) is 68.7 Å². The Kier molecular flexibility index (Phi) is 11.2. The molecule has 1 aliphatic carbocycles. The Labute approximate surface area is 273 Å². The smallest absolute Gasteiger partial charge is 0.336 e. The van der Waals surface area contributed by atoms with Gasteiger partial charge in [0.15, 0.2) is 30.1 Å². The van der Waals surface area contributed by atoms with E-state index in [2.05, 4.69) is 44.5 Å². The van der Waals surface area contributed by atoms with Crippen molar-refractivity contribution in [2.45, 2.75) is 105 Å². The number of rotatable bonds is 15. The number of furan rings is 1. The highest BCUT2D eigenvalue weighted by Crippen LogP contribution is 2.46. The molecule has 1 aromatic carbocycles. The summed E-state index contributed by atoms with van der Waals surface area (Å²) in [6.45, 7) is 13.2. The first kappa shape index (κ1) is 33.7. The quantitative estimate of drug-likeness (QED) is 0.0805. The van der Waals surface area contributed by atoms with Gasteiger partial charge in [0.1, 0.15) is 0 Å². The number of carbonyl (C=O) groups excluding carboxylic acids is 1. The number of anilines is 1. The van der Waals surface area contributed by atoms with E-state index in [1.165, 1.54) is 51.0 Å². The van der Waals surface area contributed by atoms with E-state index >= 15 is 0 Å². The Morgan fingerprint density at radius 1 is 1.02 bits per heavy atom. The summed E-state index contributed by atoms with van der Waals surface area (Å²) < 4.78 is 19.2. The molecule has 0 bridgehead atoms. The minimum Gasteiger partial charge on any atom is -0.486 e. The lowest BCUT2D eigenvalue weighted by Crippen LogP contribution is -2.33. The molecule has 4 aromatic rings. The maximum absolute atomic E-state index is 12.7. The van der Waals surface area contributed by atoms with Crippen LogP contribution in [0.1, 0.15) is 98.8 Å². The second-order valence-electron chi connectivity index (χ2n) is 14.7. The van der Waals surface area contributed by atoms with Gasteiger partial charge < -0.3 is 18.9 Å². The topological polar surface area (TPSA) is 85.6 Å².